The van der Waals surface area contributed by atoms with Crippen LogP contribution < -0.4 is 0 Å². The molecule has 0 radical (unpaired) electrons. The Morgan fingerprint density at radius 2 is 1.71 bits per heavy atom. The van der Waals surface area contributed by atoms with Crippen molar-refractivity contribution in [3.05, 3.63) is 82.4 Å². The fraction of sp³-hybridized carbons (Fsp3) is 0.452. The second kappa shape index (κ2) is 9.75. The summed E-state index contributed by atoms with van der Waals surface area (Å²) in [5.74, 6) is 0.901. The minimum atomic E-state index is -0.462. The molecule has 3 heterocycles. The Labute approximate surface area is 223 Å². The molecule has 4 aromatic rings. The highest BCUT2D eigenvalue weighted by atomic mass is 19.1. The van der Waals surface area contributed by atoms with Gasteiger partial charge in [0, 0.05) is 24.1 Å². The molecule has 0 saturated carbocycles. The molecule has 0 aliphatic carbocycles. The van der Waals surface area contributed by atoms with Gasteiger partial charge in [0.15, 0.2) is 11.6 Å². The third-order valence-electron chi connectivity index (χ3n) is 7.62. The number of hydrogen-bond donors (Lipinski definition) is 0. The lowest BCUT2D eigenvalue weighted by atomic mass is 9.78. The first-order chi connectivity index (χ1) is 18.0. The Hall–Kier alpha value is -3.35. The normalized spacial score (nSPS) is 14.4. The number of aryl methyl sites for hydroxylation is 2. The van der Waals surface area contributed by atoms with Crippen LogP contribution in [0.3, 0.4) is 0 Å². The van der Waals surface area contributed by atoms with E-state index in [0.29, 0.717) is 29.1 Å². The van der Waals surface area contributed by atoms with Crippen molar-refractivity contribution in [3.63, 3.8) is 0 Å². The average Bonchev–Trinajstić information content (AvgIpc) is 3.36. The van der Waals surface area contributed by atoms with Crippen LogP contribution in [-0.2, 0) is 30.2 Å². The van der Waals surface area contributed by atoms with Crippen LogP contribution >= 0.6 is 0 Å². The Morgan fingerprint density at radius 3 is 2.47 bits per heavy atom. The van der Waals surface area contributed by atoms with Crippen molar-refractivity contribution in [2.75, 3.05) is 0 Å². The van der Waals surface area contributed by atoms with E-state index >= 15 is 8.78 Å². The highest BCUT2D eigenvalue weighted by molar-refractivity contribution is 5.59. The molecule has 1 aliphatic heterocycles. The number of hydrogen-bond acceptors (Lipinski definition) is 3. The molecular weight excluding hydrogens is 480 g/mol. The van der Waals surface area contributed by atoms with Gasteiger partial charge in [-0.05, 0) is 67.0 Å². The zero-order valence-electron chi connectivity index (χ0n) is 23.3. The summed E-state index contributed by atoms with van der Waals surface area (Å²) in [6.45, 7) is 13.2. The van der Waals surface area contributed by atoms with Crippen molar-refractivity contribution in [1.82, 2.24) is 24.5 Å². The minimum absolute atomic E-state index is 0.187. The van der Waals surface area contributed by atoms with Gasteiger partial charge in [-0.2, -0.15) is 5.10 Å². The lowest BCUT2D eigenvalue weighted by Crippen LogP contribution is -2.23. The molecular formula is C31H37F2N5. The maximum Gasteiger partial charge on any atom is 0.166 e. The van der Waals surface area contributed by atoms with Crippen molar-refractivity contribution in [1.29, 1.82) is 0 Å². The Kier molecular flexibility index (Phi) is 6.74. The molecule has 0 fully saturated rings. The first kappa shape index (κ1) is 26.3. The van der Waals surface area contributed by atoms with E-state index in [2.05, 4.69) is 54.5 Å². The molecule has 0 atom stereocenters. The smallest absolute Gasteiger partial charge is 0.166 e. The van der Waals surface area contributed by atoms with Crippen molar-refractivity contribution < 1.29 is 8.78 Å². The van der Waals surface area contributed by atoms with E-state index in [1.807, 2.05) is 31.2 Å². The maximum atomic E-state index is 16.0. The molecule has 0 spiro atoms. The third kappa shape index (κ3) is 4.91. The zero-order valence-corrected chi connectivity index (χ0v) is 23.3. The fourth-order valence-electron chi connectivity index (χ4n) is 5.46. The number of nitrogens with zero attached hydrogens (tertiary/aromatic N) is 5. The van der Waals surface area contributed by atoms with Gasteiger partial charge in [-0.1, -0.05) is 59.2 Å². The van der Waals surface area contributed by atoms with Crippen LogP contribution in [0.5, 0.6) is 0 Å². The molecule has 200 valence electrons. The summed E-state index contributed by atoms with van der Waals surface area (Å²) < 4.78 is 34.9. The number of halogens is 2. The fourth-order valence-corrected chi connectivity index (χ4v) is 5.46. The van der Waals surface area contributed by atoms with E-state index < -0.39 is 5.41 Å². The van der Waals surface area contributed by atoms with Crippen LogP contribution in [0, 0.1) is 18.6 Å². The van der Waals surface area contributed by atoms with Gasteiger partial charge in [0.1, 0.15) is 17.3 Å². The van der Waals surface area contributed by atoms with Gasteiger partial charge < -0.3 is 4.57 Å². The van der Waals surface area contributed by atoms with Gasteiger partial charge in [0.2, 0.25) is 0 Å². The second-order valence-corrected chi connectivity index (χ2v) is 12.2. The number of aromatic nitrogens is 5. The van der Waals surface area contributed by atoms with Gasteiger partial charge in [0.25, 0.3) is 0 Å². The summed E-state index contributed by atoms with van der Waals surface area (Å²) in [6.07, 6.45) is 4.56. The summed E-state index contributed by atoms with van der Waals surface area (Å²) in [4.78, 5) is 0. The van der Waals surface area contributed by atoms with Crippen molar-refractivity contribution in [2.45, 2.75) is 91.0 Å². The first-order valence-corrected chi connectivity index (χ1v) is 13.5. The molecule has 0 N–H and O–H groups in total. The standard InChI is InChI=1S/C31H37F2N5/c1-20-17-26(30(2,3)4)38(36-20)25-12-10-11-21(28(25)33)19-31(5,6)22-14-15-24(32)23(18-22)29-35-34-27-13-8-7-9-16-37(27)29/h10-12,14-15,17-18H,7-9,13,16,19H2,1-6H3. The molecule has 0 unspecified atom stereocenters. The van der Waals surface area contributed by atoms with Gasteiger partial charge in [-0.3, -0.25) is 0 Å². The predicted molar refractivity (Wildman–Crippen MR) is 147 cm³/mol. The molecule has 2 aromatic heterocycles. The lowest BCUT2D eigenvalue weighted by Gasteiger charge is -2.27. The largest absolute Gasteiger partial charge is 0.311 e. The van der Waals surface area contributed by atoms with Crippen molar-refractivity contribution in [2.24, 2.45) is 0 Å². The number of benzene rings is 2. The summed E-state index contributed by atoms with van der Waals surface area (Å²) in [5.41, 5.74) is 3.59. The molecule has 38 heavy (non-hydrogen) atoms. The van der Waals surface area contributed by atoms with E-state index in [1.54, 1.807) is 16.8 Å². The summed E-state index contributed by atoms with van der Waals surface area (Å²) in [7, 11) is 0. The Balaban J connectivity index is 1.50. The van der Waals surface area contributed by atoms with Crippen LogP contribution in [0.1, 0.15) is 82.2 Å². The minimum Gasteiger partial charge on any atom is -0.311 e. The highest BCUT2D eigenvalue weighted by Crippen LogP contribution is 2.35. The van der Waals surface area contributed by atoms with Crippen LogP contribution in [0.25, 0.3) is 17.1 Å². The van der Waals surface area contributed by atoms with Crippen molar-refractivity contribution >= 4 is 0 Å². The van der Waals surface area contributed by atoms with E-state index in [4.69, 9.17) is 0 Å². The highest BCUT2D eigenvalue weighted by Gasteiger charge is 2.28. The Morgan fingerprint density at radius 1 is 0.921 bits per heavy atom. The first-order valence-electron chi connectivity index (χ1n) is 13.5. The monoisotopic (exact) mass is 517 g/mol. The molecule has 0 bridgehead atoms. The number of rotatable bonds is 5. The zero-order chi connectivity index (χ0) is 27.2. The Bertz CT molecular complexity index is 1470. The van der Waals surface area contributed by atoms with Gasteiger partial charge >= 0.3 is 0 Å². The molecule has 1 aliphatic rings. The molecule has 7 heteroatoms. The van der Waals surface area contributed by atoms with Crippen LogP contribution in [0.4, 0.5) is 8.78 Å². The molecule has 0 amide bonds. The van der Waals surface area contributed by atoms with Gasteiger partial charge in [-0.15, -0.1) is 10.2 Å². The van der Waals surface area contributed by atoms with Gasteiger partial charge in [0.05, 0.1) is 11.3 Å². The molecule has 2 aromatic carbocycles. The summed E-state index contributed by atoms with van der Waals surface area (Å²) in [6, 6.07) is 12.7. The van der Waals surface area contributed by atoms with Crippen LogP contribution in [-0.4, -0.2) is 24.5 Å². The quantitative estimate of drug-likeness (QED) is 0.280. The second-order valence-electron chi connectivity index (χ2n) is 12.2. The van der Waals surface area contributed by atoms with Crippen molar-refractivity contribution in [3.8, 4) is 17.1 Å². The van der Waals surface area contributed by atoms with E-state index in [0.717, 1.165) is 55.0 Å². The SMILES string of the molecule is Cc1cc(C(C)(C)C)n(-c2cccc(CC(C)(C)c3ccc(F)c(-c4nnc5n4CCCCC5)c3)c2F)n1. The van der Waals surface area contributed by atoms with Crippen LogP contribution in [0.15, 0.2) is 42.5 Å². The van der Waals surface area contributed by atoms with E-state index in [-0.39, 0.29) is 17.0 Å². The topological polar surface area (TPSA) is 48.5 Å². The van der Waals surface area contributed by atoms with Gasteiger partial charge in [-0.25, -0.2) is 13.5 Å². The summed E-state index contributed by atoms with van der Waals surface area (Å²) in [5, 5.41) is 13.3. The predicted octanol–water partition coefficient (Wildman–Crippen LogP) is 7.26. The lowest BCUT2D eigenvalue weighted by molar-refractivity contribution is 0.493. The van der Waals surface area contributed by atoms with E-state index in [9.17, 15) is 0 Å². The average molecular weight is 518 g/mol. The molecule has 0 saturated heterocycles. The van der Waals surface area contributed by atoms with E-state index in [1.165, 1.54) is 6.07 Å². The number of fused-ring (bicyclic) bond motifs is 1. The molecule has 5 nitrogen and oxygen atoms in total. The summed E-state index contributed by atoms with van der Waals surface area (Å²) >= 11 is 0. The van der Waals surface area contributed by atoms with Crippen LogP contribution in [0.2, 0.25) is 0 Å². The molecule has 5 rings (SSSR count). The third-order valence-corrected chi connectivity index (χ3v) is 7.62. The maximum absolute atomic E-state index is 16.0.